The number of ether oxygens (including phenoxy) is 1. The van der Waals surface area contributed by atoms with Gasteiger partial charge in [0, 0.05) is 28.9 Å². The number of nitrogens with two attached hydrogens (primary N) is 2. The van der Waals surface area contributed by atoms with Crippen LogP contribution in [0, 0.1) is 5.82 Å². The molecule has 3 aromatic rings. The number of imidazole rings is 1. The molecule has 1 heterocycles. The van der Waals surface area contributed by atoms with Crippen LogP contribution in [0.15, 0.2) is 30.3 Å². The Kier molecular flexibility index (Phi) is 6.28. The summed E-state index contributed by atoms with van der Waals surface area (Å²) >= 11 is 11.6. The lowest BCUT2D eigenvalue weighted by atomic mass is 10.1. The first-order valence-electron chi connectivity index (χ1n) is 8.28. The minimum Gasteiger partial charge on any atom is -0.454 e. The average Bonchev–Trinajstić information content (AvgIpc) is 2.99. The van der Waals surface area contributed by atoms with Crippen LogP contribution in [0.2, 0.25) is 10.2 Å². The fraction of sp³-hybridized carbons (Fsp3) is 0.111. The number of hydrogen-bond donors (Lipinski definition) is 4. The van der Waals surface area contributed by atoms with E-state index < -0.39 is 29.5 Å². The maximum atomic E-state index is 15.0. The van der Waals surface area contributed by atoms with E-state index in [1.807, 2.05) is 0 Å². The molecule has 0 bridgehead atoms. The van der Waals surface area contributed by atoms with Gasteiger partial charge in [-0.1, -0.05) is 29.3 Å². The van der Waals surface area contributed by atoms with Crippen molar-refractivity contribution in [2.45, 2.75) is 13.0 Å². The third-order valence-corrected chi connectivity index (χ3v) is 4.39. The summed E-state index contributed by atoms with van der Waals surface area (Å²) in [6, 6.07) is 6.13. The van der Waals surface area contributed by atoms with Gasteiger partial charge < -0.3 is 26.5 Å². The smallest absolute Gasteiger partial charge is 0.271 e. The molecule has 6 N–H and O–H groups in total. The van der Waals surface area contributed by atoms with Gasteiger partial charge in [-0.2, -0.15) is 0 Å². The Morgan fingerprint density at radius 2 is 1.97 bits per heavy atom. The SMILES string of the molecule is Nc1cc(Cl)cc(Oc2c(C(F)F)ccc(CNC(=O)c3[nH]c(N)nc3Cl)c2F)c1. The van der Waals surface area contributed by atoms with E-state index in [0.717, 1.165) is 12.1 Å². The average molecular weight is 460 g/mol. The molecule has 0 unspecified atom stereocenters. The summed E-state index contributed by atoms with van der Waals surface area (Å²) in [7, 11) is 0. The molecule has 158 valence electrons. The molecule has 0 saturated carbocycles. The number of amides is 1. The highest BCUT2D eigenvalue weighted by Crippen LogP contribution is 2.37. The van der Waals surface area contributed by atoms with Crippen molar-refractivity contribution in [3.05, 3.63) is 63.1 Å². The fourth-order valence-electron chi connectivity index (χ4n) is 2.57. The second-order valence-electron chi connectivity index (χ2n) is 6.05. The molecule has 0 spiro atoms. The molecule has 0 atom stereocenters. The second-order valence-corrected chi connectivity index (χ2v) is 6.85. The van der Waals surface area contributed by atoms with E-state index in [0.29, 0.717) is 0 Å². The standard InChI is InChI=1S/C18H14Cl2F3N5O2/c19-8-3-9(24)5-10(4-8)30-14-11(16(22)23)2-1-7(12(14)21)6-26-17(29)13-15(20)28-18(25)27-13/h1-5,16H,6,24H2,(H,26,29)(H3,25,27,28). The monoisotopic (exact) mass is 459 g/mol. The molecule has 3 rings (SSSR count). The van der Waals surface area contributed by atoms with E-state index in [-0.39, 0.29) is 45.4 Å². The molecule has 7 nitrogen and oxygen atoms in total. The Labute approximate surface area is 178 Å². The molecule has 0 aliphatic heterocycles. The van der Waals surface area contributed by atoms with Crippen molar-refractivity contribution in [2.75, 3.05) is 11.5 Å². The van der Waals surface area contributed by atoms with Gasteiger partial charge in [-0.05, 0) is 18.2 Å². The van der Waals surface area contributed by atoms with Gasteiger partial charge in [-0.25, -0.2) is 18.2 Å². The summed E-state index contributed by atoms with van der Waals surface area (Å²) in [5.74, 6) is -2.61. The number of rotatable bonds is 6. The van der Waals surface area contributed by atoms with E-state index >= 15 is 0 Å². The van der Waals surface area contributed by atoms with Gasteiger partial charge in [-0.15, -0.1) is 0 Å². The van der Waals surface area contributed by atoms with Crippen molar-refractivity contribution in [1.82, 2.24) is 15.3 Å². The molecular weight excluding hydrogens is 446 g/mol. The van der Waals surface area contributed by atoms with E-state index in [4.69, 9.17) is 39.4 Å². The number of nitrogens with zero attached hydrogens (tertiary/aromatic N) is 1. The van der Waals surface area contributed by atoms with Crippen molar-refractivity contribution < 1.29 is 22.7 Å². The van der Waals surface area contributed by atoms with E-state index in [2.05, 4.69) is 15.3 Å². The Hall–Kier alpha value is -3.11. The quantitative estimate of drug-likeness (QED) is 0.399. The Morgan fingerprint density at radius 1 is 1.23 bits per heavy atom. The number of aromatic nitrogens is 2. The van der Waals surface area contributed by atoms with Crippen LogP contribution in [0.1, 0.15) is 28.0 Å². The number of hydrogen-bond acceptors (Lipinski definition) is 5. The van der Waals surface area contributed by atoms with Crippen LogP contribution in [-0.2, 0) is 6.54 Å². The molecular formula is C18H14Cl2F3N5O2. The molecule has 0 saturated heterocycles. The van der Waals surface area contributed by atoms with Crippen molar-refractivity contribution in [3.8, 4) is 11.5 Å². The van der Waals surface area contributed by atoms with Crippen LogP contribution >= 0.6 is 23.2 Å². The number of anilines is 2. The zero-order valence-electron chi connectivity index (χ0n) is 15.0. The number of benzene rings is 2. The summed E-state index contributed by atoms with van der Waals surface area (Å²) in [6.45, 7) is -0.350. The molecule has 12 heteroatoms. The zero-order valence-corrected chi connectivity index (χ0v) is 16.5. The maximum Gasteiger partial charge on any atom is 0.271 e. The van der Waals surface area contributed by atoms with E-state index in [9.17, 15) is 18.0 Å². The van der Waals surface area contributed by atoms with Crippen LogP contribution in [0.25, 0.3) is 0 Å². The van der Waals surface area contributed by atoms with Gasteiger partial charge in [0.25, 0.3) is 12.3 Å². The molecule has 0 aliphatic carbocycles. The number of nitrogen functional groups attached to an aromatic ring is 2. The van der Waals surface area contributed by atoms with Crippen LogP contribution in [0.4, 0.5) is 24.8 Å². The number of halogens is 5. The summed E-state index contributed by atoms with van der Waals surface area (Å²) in [4.78, 5) is 18.3. The molecule has 0 radical (unpaired) electrons. The van der Waals surface area contributed by atoms with E-state index in [1.54, 1.807) is 0 Å². The number of aromatic amines is 1. The normalized spacial score (nSPS) is 11.0. The van der Waals surface area contributed by atoms with Gasteiger partial charge in [0.1, 0.15) is 11.4 Å². The molecule has 0 fully saturated rings. The summed E-state index contributed by atoms with van der Waals surface area (Å²) < 4.78 is 47.1. The molecule has 0 aliphatic rings. The summed E-state index contributed by atoms with van der Waals surface area (Å²) in [5, 5.41) is 2.41. The number of nitrogens with one attached hydrogen (secondary N) is 2. The zero-order chi connectivity index (χ0) is 22.0. The predicted molar refractivity (Wildman–Crippen MR) is 106 cm³/mol. The minimum absolute atomic E-state index is 0.0262. The first-order chi connectivity index (χ1) is 14.2. The first-order valence-corrected chi connectivity index (χ1v) is 9.03. The highest BCUT2D eigenvalue weighted by molar-refractivity contribution is 6.32. The fourth-order valence-corrected chi connectivity index (χ4v) is 3.03. The van der Waals surface area contributed by atoms with Crippen molar-refractivity contribution in [3.63, 3.8) is 0 Å². The van der Waals surface area contributed by atoms with Gasteiger partial charge >= 0.3 is 0 Å². The number of carbonyl (C=O) groups excluding carboxylic acids is 1. The maximum absolute atomic E-state index is 15.0. The second kappa shape index (κ2) is 8.72. The van der Waals surface area contributed by atoms with Crippen LogP contribution in [-0.4, -0.2) is 15.9 Å². The third kappa shape index (κ3) is 4.71. The van der Waals surface area contributed by atoms with Gasteiger partial charge in [0.05, 0.1) is 5.56 Å². The van der Waals surface area contributed by atoms with Crippen molar-refractivity contribution >= 4 is 40.7 Å². The number of carbonyl (C=O) groups is 1. The highest BCUT2D eigenvalue weighted by Gasteiger charge is 2.23. The predicted octanol–water partition coefficient (Wildman–Crippen LogP) is 4.68. The van der Waals surface area contributed by atoms with E-state index in [1.165, 1.54) is 18.2 Å². The summed E-state index contributed by atoms with van der Waals surface area (Å²) in [6.07, 6.45) is -3.01. The first kappa shape index (κ1) is 21.6. The largest absolute Gasteiger partial charge is 0.454 e. The Balaban J connectivity index is 1.88. The lowest BCUT2D eigenvalue weighted by Gasteiger charge is -2.15. The van der Waals surface area contributed by atoms with Crippen LogP contribution in [0.3, 0.4) is 0 Å². The third-order valence-electron chi connectivity index (χ3n) is 3.90. The van der Waals surface area contributed by atoms with Gasteiger partial charge in [0.2, 0.25) is 0 Å². The van der Waals surface area contributed by atoms with Crippen LogP contribution < -0.4 is 21.5 Å². The molecule has 30 heavy (non-hydrogen) atoms. The number of alkyl halides is 2. The van der Waals surface area contributed by atoms with Crippen molar-refractivity contribution in [1.29, 1.82) is 0 Å². The van der Waals surface area contributed by atoms with Crippen molar-refractivity contribution in [2.24, 2.45) is 0 Å². The van der Waals surface area contributed by atoms with Crippen LogP contribution in [0.5, 0.6) is 11.5 Å². The number of H-pyrrole nitrogens is 1. The highest BCUT2D eigenvalue weighted by atomic mass is 35.5. The lowest BCUT2D eigenvalue weighted by molar-refractivity contribution is 0.0946. The van der Waals surface area contributed by atoms with Gasteiger partial charge in [-0.3, -0.25) is 4.79 Å². The lowest BCUT2D eigenvalue weighted by Crippen LogP contribution is -2.24. The Morgan fingerprint density at radius 3 is 2.57 bits per heavy atom. The van der Waals surface area contributed by atoms with Gasteiger partial charge in [0.15, 0.2) is 22.7 Å². The summed E-state index contributed by atoms with van der Waals surface area (Å²) in [5.41, 5.74) is 10.4. The molecule has 1 aromatic heterocycles. The Bertz CT molecular complexity index is 1090. The minimum atomic E-state index is -3.01. The molecule has 1 amide bonds. The molecule has 2 aromatic carbocycles. The topological polar surface area (TPSA) is 119 Å².